The molecule has 0 bridgehead atoms. The molecule has 0 heterocycles. The van der Waals surface area contributed by atoms with Crippen LogP contribution in [-0.4, -0.2) is 18.9 Å². The SMILES string of the molecule is Cl.P.S.[Li]. The first-order valence-corrected chi connectivity index (χ1v) is 0. The minimum atomic E-state index is 0. The smallest absolute Gasteiger partial charge is 0 e. The molecule has 0 rings (SSSR count). The number of hydrogen-bond acceptors (Lipinski definition) is 0. The molecule has 0 fully saturated rings. The molecule has 4 heteroatoms. The van der Waals surface area contributed by atoms with E-state index < -0.39 is 0 Å². The molecule has 0 nitrogen and oxygen atoms in total. The van der Waals surface area contributed by atoms with E-state index in [2.05, 4.69) is 0 Å². The van der Waals surface area contributed by atoms with Gasteiger partial charge in [0.05, 0.1) is 0 Å². The number of halogens is 1. The zero-order valence-corrected chi connectivity index (χ0v) is 5.85. The van der Waals surface area contributed by atoms with Crippen LogP contribution in [0.1, 0.15) is 0 Å². The van der Waals surface area contributed by atoms with Crippen molar-refractivity contribution in [1.29, 1.82) is 0 Å². The van der Waals surface area contributed by atoms with Gasteiger partial charge in [0.1, 0.15) is 0 Å². The Morgan fingerprint density at radius 1 is 1.00 bits per heavy atom. The van der Waals surface area contributed by atoms with E-state index in [0.29, 0.717) is 0 Å². The van der Waals surface area contributed by atoms with Crippen LogP contribution in [0.3, 0.4) is 0 Å². The van der Waals surface area contributed by atoms with Gasteiger partial charge in [-0.15, -0.1) is 12.4 Å². The second-order valence-electron chi connectivity index (χ2n) is 0. The van der Waals surface area contributed by atoms with E-state index in [1.165, 1.54) is 0 Å². The monoisotopic (exact) mass is 111 g/mol. The van der Waals surface area contributed by atoms with Crippen LogP contribution >= 0.6 is 35.8 Å². The van der Waals surface area contributed by atoms with Crippen LogP contribution in [0.15, 0.2) is 0 Å². The minimum Gasteiger partial charge on any atom is -0.197 e. The fourth-order valence-electron chi connectivity index (χ4n) is 0. The van der Waals surface area contributed by atoms with E-state index in [1.807, 2.05) is 0 Å². The molecule has 0 aromatic rings. The Kier molecular flexibility index (Phi) is 251. The first-order valence-electron chi connectivity index (χ1n) is 0. The Labute approximate surface area is 54.8 Å². The summed E-state index contributed by atoms with van der Waals surface area (Å²) in [4.78, 5) is 0. The molecule has 0 aromatic heterocycles. The molecule has 0 aromatic carbocycles. The third-order valence-electron chi connectivity index (χ3n) is 0. The second-order valence-corrected chi connectivity index (χ2v) is 0. The maximum absolute atomic E-state index is 0. The fraction of sp³-hybridized carbons (Fsp3) is 0. The van der Waals surface area contributed by atoms with Gasteiger partial charge in [-0.2, -0.15) is 23.4 Å². The maximum Gasteiger partial charge on any atom is 0 e. The van der Waals surface area contributed by atoms with E-state index in [-0.39, 0.29) is 54.7 Å². The molecule has 0 aliphatic carbocycles. The van der Waals surface area contributed by atoms with Crippen LogP contribution in [0.4, 0.5) is 0 Å². The third kappa shape index (κ3) is 9.39. The summed E-state index contributed by atoms with van der Waals surface area (Å²) in [6, 6.07) is 0. The van der Waals surface area contributed by atoms with Crippen LogP contribution in [-0.2, 0) is 0 Å². The van der Waals surface area contributed by atoms with E-state index in [0.717, 1.165) is 0 Å². The summed E-state index contributed by atoms with van der Waals surface area (Å²) in [6.07, 6.45) is 0. The molecule has 0 saturated carbocycles. The first kappa shape index (κ1) is 44.4. The predicted octanol–water partition coefficient (Wildman–Crippen LogP) is 0.212. The summed E-state index contributed by atoms with van der Waals surface area (Å²) < 4.78 is 0. The van der Waals surface area contributed by atoms with Gasteiger partial charge >= 0.3 is 0 Å². The van der Waals surface area contributed by atoms with Gasteiger partial charge < -0.3 is 0 Å². The van der Waals surface area contributed by atoms with E-state index in [9.17, 15) is 0 Å². The minimum absolute atomic E-state index is 0. The third-order valence-corrected chi connectivity index (χ3v) is 0. The number of rotatable bonds is 0. The molecule has 0 amide bonds. The summed E-state index contributed by atoms with van der Waals surface area (Å²) in [5.41, 5.74) is 0. The summed E-state index contributed by atoms with van der Waals surface area (Å²) in [5.74, 6) is 0. The maximum atomic E-state index is 0. The molecule has 1 unspecified atom stereocenters. The Balaban J connectivity index is 0. The first-order chi connectivity index (χ1) is 0. The molecular weight excluding hydrogens is 105 g/mol. The zero-order chi connectivity index (χ0) is 0. The summed E-state index contributed by atoms with van der Waals surface area (Å²) in [7, 11) is 0. The van der Waals surface area contributed by atoms with Gasteiger partial charge in [0.15, 0.2) is 0 Å². The standard InChI is InChI=1S/ClH.Li.H3P.H2S/h1H;;1H3;1H2. The van der Waals surface area contributed by atoms with Crippen molar-refractivity contribution in [2.45, 2.75) is 0 Å². The van der Waals surface area contributed by atoms with Crippen molar-refractivity contribution in [2.24, 2.45) is 0 Å². The van der Waals surface area contributed by atoms with E-state index in [4.69, 9.17) is 0 Å². The molecule has 0 N–H and O–H groups in total. The Bertz CT molecular complexity index is 8.00. The summed E-state index contributed by atoms with van der Waals surface area (Å²) in [6.45, 7) is 0. The molecule has 0 saturated heterocycles. The average Bonchev–Trinajstić information content (AvgIpc) is 0. The Hall–Kier alpha value is 1.67. The summed E-state index contributed by atoms with van der Waals surface area (Å²) >= 11 is 0. The predicted molar refractivity (Wildman–Crippen MR) is 34.5 cm³/mol. The average molecular weight is 111 g/mol. The Morgan fingerprint density at radius 2 is 1.00 bits per heavy atom. The van der Waals surface area contributed by atoms with Gasteiger partial charge in [-0.25, -0.2) is 0 Å². The summed E-state index contributed by atoms with van der Waals surface area (Å²) in [5, 5.41) is 0. The van der Waals surface area contributed by atoms with Gasteiger partial charge in [-0.1, -0.05) is 0 Å². The molecular formula is H6ClLiPS. The van der Waals surface area contributed by atoms with Crippen molar-refractivity contribution < 1.29 is 0 Å². The van der Waals surface area contributed by atoms with Crippen molar-refractivity contribution in [2.75, 3.05) is 0 Å². The van der Waals surface area contributed by atoms with E-state index >= 15 is 0 Å². The molecule has 1 atom stereocenters. The molecule has 0 spiro atoms. The van der Waals surface area contributed by atoms with Crippen molar-refractivity contribution in [3.8, 4) is 0 Å². The molecule has 0 aliphatic heterocycles. The normalized spacial score (nSPS) is 0. The number of hydrogen-bond donors (Lipinski definition) is 0. The molecule has 4 heavy (non-hydrogen) atoms. The van der Waals surface area contributed by atoms with E-state index in [1.54, 1.807) is 0 Å². The molecule has 25 valence electrons. The van der Waals surface area contributed by atoms with Gasteiger partial charge in [0.2, 0.25) is 0 Å². The van der Waals surface area contributed by atoms with Crippen LogP contribution < -0.4 is 0 Å². The van der Waals surface area contributed by atoms with Crippen molar-refractivity contribution in [3.05, 3.63) is 0 Å². The van der Waals surface area contributed by atoms with Crippen LogP contribution in [0.2, 0.25) is 0 Å². The van der Waals surface area contributed by atoms with Crippen LogP contribution in [0.25, 0.3) is 0 Å². The van der Waals surface area contributed by atoms with Gasteiger partial charge in [-0.05, 0) is 0 Å². The second kappa shape index (κ2) is 22.6. The van der Waals surface area contributed by atoms with Gasteiger partial charge in [0, 0.05) is 18.9 Å². The van der Waals surface area contributed by atoms with Crippen molar-refractivity contribution in [3.63, 3.8) is 0 Å². The quantitative estimate of drug-likeness (QED) is 0.310. The van der Waals surface area contributed by atoms with Crippen LogP contribution in [0, 0.1) is 0 Å². The van der Waals surface area contributed by atoms with Crippen LogP contribution in [0.5, 0.6) is 0 Å². The molecule has 1 radical (unpaired) electrons. The van der Waals surface area contributed by atoms with Crippen molar-refractivity contribution >= 4 is 54.7 Å². The zero-order valence-electron chi connectivity index (χ0n) is 2.62. The fourth-order valence-corrected chi connectivity index (χ4v) is 0. The van der Waals surface area contributed by atoms with Crippen molar-refractivity contribution in [1.82, 2.24) is 0 Å². The van der Waals surface area contributed by atoms with Gasteiger partial charge in [-0.3, -0.25) is 0 Å². The largest absolute Gasteiger partial charge is 0.197 e. The molecule has 0 aliphatic rings. The van der Waals surface area contributed by atoms with Gasteiger partial charge in [0.25, 0.3) is 0 Å². The Morgan fingerprint density at radius 3 is 1.00 bits per heavy atom. The topological polar surface area (TPSA) is 0 Å².